The van der Waals surface area contributed by atoms with Crippen LogP contribution in [0.25, 0.3) is 5.57 Å². The smallest absolute Gasteiger partial charge is 0.0408 e. The van der Waals surface area contributed by atoms with Gasteiger partial charge in [-0.25, -0.2) is 3.15 Å². The molecule has 12 heavy (non-hydrogen) atoms. The number of pyridine rings is 1. The molecule has 1 aliphatic heterocycles. The first kappa shape index (κ1) is 7.79. The standard InChI is InChI=1S/C9H7IN2/c1-2-8(6-11-5-1)9-3-4-10-12-7-9/h1-7H. The molecule has 0 fully saturated rings. The van der Waals surface area contributed by atoms with E-state index < -0.39 is 0 Å². The molecule has 0 saturated carbocycles. The zero-order valence-corrected chi connectivity index (χ0v) is 8.47. The van der Waals surface area contributed by atoms with Crippen LogP contribution in [0.15, 0.2) is 44.0 Å². The van der Waals surface area contributed by atoms with Gasteiger partial charge in [-0.3, -0.25) is 4.98 Å². The molecule has 0 aromatic carbocycles. The summed E-state index contributed by atoms with van der Waals surface area (Å²) in [5.41, 5.74) is 2.30. The molecule has 2 rings (SSSR count). The Morgan fingerprint density at radius 2 is 2.33 bits per heavy atom. The Kier molecular flexibility index (Phi) is 2.41. The first-order valence-electron chi connectivity index (χ1n) is 3.57. The lowest BCUT2D eigenvalue weighted by Gasteiger charge is -2.00. The monoisotopic (exact) mass is 270 g/mol. The summed E-state index contributed by atoms with van der Waals surface area (Å²) in [7, 11) is 0. The predicted octanol–water partition coefficient (Wildman–Crippen LogP) is 3.10. The van der Waals surface area contributed by atoms with Gasteiger partial charge in [-0.05, 0) is 16.2 Å². The molecule has 1 aromatic heterocycles. The van der Waals surface area contributed by atoms with E-state index in [1.54, 1.807) is 6.20 Å². The lowest BCUT2D eigenvalue weighted by Crippen LogP contribution is -1.81. The summed E-state index contributed by atoms with van der Waals surface area (Å²) >= 11 is -0.0568. The van der Waals surface area contributed by atoms with Crippen LogP contribution >= 0.6 is 21.0 Å². The minimum Gasteiger partial charge on any atom is -0.264 e. The number of hydrogen-bond donors (Lipinski definition) is 0. The second kappa shape index (κ2) is 3.71. The van der Waals surface area contributed by atoms with Crippen LogP contribution in [-0.2, 0) is 0 Å². The van der Waals surface area contributed by atoms with Gasteiger partial charge in [-0.15, -0.1) is 0 Å². The summed E-state index contributed by atoms with van der Waals surface area (Å²) < 4.78 is 6.42. The molecular formula is C9H7IN2. The second-order valence-corrected chi connectivity index (χ2v) is 4.15. The summed E-state index contributed by atoms with van der Waals surface area (Å²) in [4.78, 5) is 4.05. The van der Waals surface area contributed by atoms with Crippen molar-refractivity contribution < 1.29 is 0 Å². The number of rotatable bonds is 1. The minimum atomic E-state index is -0.0568. The Labute approximate surface area is 81.2 Å². The molecule has 0 saturated heterocycles. The number of allylic oxidation sites excluding steroid dienone is 2. The second-order valence-electron chi connectivity index (χ2n) is 2.31. The van der Waals surface area contributed by atoms with Gasteiger partial charge in [0, 0.05) is 50.8 Å². The van der Waals surface area contributed by atoms with E-state index in [2.05, 4.69) is 18.3 Å². The van der Waals surface area contributed by atoms with Gasteiger partial charge < -0.3 is 0 Å². The van der Waals surface area contributed by atoms with Crippen molar-refractivity contribution >= 4 is 26.6 Å². The summed E-state index contributed by atoms with van der Waals surface area (Å²) in [5.74, 6) is 0. The van der Waals surface area contributed by atoms with Crippen molar-refractivity contribution in [3.8, 4) is 0 Å². The average Bonchev–Trinajstić information content (AvgIpc) is 2.21. The highest BCUT2D eigenvalue weighted by molar-refractivity contribution is 14.2. The molecule has 0 N–H and O–H groups in total. The van der Waals surface area contributed by atoms with Crippen molar-refractivity contribution in [3.63, 3.8) is 0 Å². The van der Waals surface area contributed by atoms with Gasteiger partial charge in [-0.2, -0.15) is 0 Å². The molecule has 0 atom stereocenters. The average molecular weight is 270 g/mol. The molecule has 0 amide bonds. The fraction of sp³-hybridized carbons (Fsp3) is 0. The van der Waals surface area contributed by atoms with Crippen LogP contribution in [-0.4, -0.2) is 4.98 Å². The van der Waals surface area contributed by atoms with Gasteiger partial charge in [0.2, 0.25) is 0 Å². The van der Waals surface area contributed by atoms with Gasteiger partial charge in [-0.1, -0.05) is 6.07 Å². The fourth-order valence-corrected chi connectivity index (χ4v) is 2.15. The van der Waals surface area contributed by atoms with Crippen LogP contribution in [0.3, 0.4) is 0 Å². The molecule has 0 bridgehead atoms. The van der Waals surface area contributed by atoms with Gasteiger partial charge in [0.05, 0.1) is 0 Å². The maximum absolute atomic E-state index is 4.27. The number of aromatic nitrogens is 1. The van der Waals surface area contributed by atoms with E-state index in [4.69, 9.17) is 0 Å². The molecule has 2 heterocycles. The summed E-state index contributed by atoms with van der Waals surface area (Å²) in [5, 5.41) is 0. The third kappa shape index (κ3) is 1.66. The quantitative estimate of drug-likeness (QED) is 0.720. The van der Waals surface area contributed by atoms with Gasteiger partial charge in [0.1, 0.15) is 0 Å². The zero-order chi connectivity index (χ0) is 8.23. The van der Waals surface area contributed by atoms with E-state index in [0.29, 0.717) is 0 Å². The largest absolute Gasteiger partial charge is 0.264 e. The minimum absolute atomic E-state index is 0.0568. The van der Waals surface area contributed by atoms with E-state index in [0.717, 1.165) is 11.1 Å². The third-order valence-electron chi connectivity index (χ3n) is 1.54. The first-order valence-corrected chi connectivity index (χ1v) is 5.78. The van der Waals surface area contributed by atoms with Crippen molar-refractivity contribution in [2.75, 3.05) is 0 Å². The molecule has 0 aliphatic carbocycles. The van der Waals surface area contributed by atoms with Crippen molar-refractivity contribution in [1.82, 2.24) is 4.98 Å². The maximum atomic E-state index is 4.27. The maximum Gasteiger partial charge on any atom is 0.0408 e. The Hall–Kier alpha value is -0.840. The van der Waals surface area contributed by atoms with Crippen molar-refractivity contribution in [1.29, 1.82) is 0 Å². The van der Waals surface area contributed by atoms with E-state index in [9.17, 15) is 0 Å². The topological polar surface area (TPSA) is 25.2 Å². The lowest BCUT2D eigenvalue weighted by molar-refractivity contribution is 1.31. The third-order valence-corrected chi connectivity index (χ3v) is 2.82. The molecule has 0 spiro atoms. The van der Waals surface area contributed by atoms with E-state index in [1.807, 2.05) is 24.5 Å². The SMILES string of the molecule is C1=CC(c2cccnc2)=CN=I1. The number of nitrogens with zero attached hydrogens (tertiary/aromatic N) is 2. The Balaban J connectivity index is 2.38. The van der Waals surface area contributed by atoms with Crippen LogP contribution in [0.4, 0.5) is 0 Å². The molecule has 2 nitrogen and oxygen atoms in total. The van der Waals surface area contributed by atoms with Crippen LogP contribution < -0.4 is 0 Å². The van der Waals surface area contributed by atoms with Gasteiger partial charge >= 0.3 is 0 Å². The Morgan fingerprint density at radius 1 is 1.33 bits per heavy atom. The fourth-order valence-electron chi connectivity index (χ4n) is 0.957. The highest BCUT2D eigenvalue weighted by atomic mass is 127. The van der Waals surface area contributed by atoms with Crippen molar-refractivity contribution in [3.05, 3.63) is 46.4 Å². The van der Waals surface area contributed by atoms with Crippen LogP contribution in [0.2, 0.25) is 0 Å². The highest BCUT2D eigenvalue weighted by Gasteiger charge is 1.97. The molecule has 60 valence electrons. The van der Waals surface area contributed by atoms with Crippen molar-refractivity contribution in [2.24, 2.45) is 3.15 Å². The van der Waals surface area contributed by atoms with E-state index in [1.165, 1.54) is 0 Å². The molecule has 1 aliphatic rings. The van der Waals surface area contributed by atoms with E-state index >= 15 is 0 Å². The van der Waals surface area contributed by atoms with Crippen LogP contribution in [0.1, 0.15) is 5.56 Å². The predicted molar refractivity (Wildman–Crippen MR) is 57.8 cm³/mol. The van der Waals surface area contributed by atoms with Crippen LogP contribution in [0.5, 0.6) is 0 Å². The summed E-state index contributed by atoms with van der Waals surface area (Å²) in [6.45, 7) is 0. The zero-order valence-electron chi connectivity index (χ0n) is 6.31. The molecule has 0 radical (unpaired) electrons. The molecule has 1 aromatic rings. The lowest BCUT2D eigenvalue weighted by atomic mass is 10.1. The summed E-state index contributed by atoms with van der Waals surface area (Å²) in [6, 6.07) is 3.98. The first-order chi connectivity index (χ1) is 5.97. The van der Waals surface area contributed by atoms with Gasteiger partial charge in [0.25, 0.3) is 0 Å². The Morgan fingerprint density at radius 3 is 3.00 bits per heavy atom. The number of hydrogen-bond acceptors (Lipinski definition) is 2. The van der Waals surface area contributed by atoms with Crippen LogP contribution in [0, 0.1) is 0 Å². The normalized spacial score (nSPS) is 15.2. The van der Waals surface area contributed by atoms with Gasteiger partial charge in [0.15, 0.2) is 0 Å². The highest BCUT2D eigenvalue weighted by Crippen LogP contribution is 2.21. The van der Waals surface area contributed by atoms with Crippen molar-refractivity contribution in [2.45, 2.75) is 0 Å². The van der Waals surface area contributed by atoms with E-state index in [-0.39, 0.29) is 21.0 Å². The Bertz CT molecular complexity index is 352. The molecule has 0 unspecified atom stereocenters. The molecular weight excluding hydrogens is 263 g/mol. The molecule has 3 heteroatoms. The number of halogens is 1. The summed E-state index contributed by atoms with van der Waals surface area (Å²) in [6.07, 6.45) is 7.69.